The Hall–Kier alpha value is -3.65. The Bertz CT molecular complexity index is 1370. The zero-order valence-electron chi connectivity index (χ0n) is 20.7. The molecule has 0 aliphatic heterocycles. The Morgan fingerprint density at radius 3 is 2.22 bits per heavy atom. The lowest BCUT2D eigenvalue weighted by atomic mass is 9.68. The molecule has 7 nitrogen and oxygen atoms in total. The highest BCUT2D eigenvalue weighted by molar-refractivity contribution is 7.10. The third kappa shape index (κ3) is 4.73. The van der Waals surface area contributed by atoms with Crippen molar-refractivity contribution < 1.29 is 4.79 Å². The fraction of sp³-hybridized carbons (Fsp3) is 0.345. The van der Waals surface area contributed by atoms with Gasteiger partial charge in [-0.2, -0.15) is 0 Å². The molecule has 1 aromatic carbocycles. The van der Waals surface area contributed by atoms with Crippen LogP contribution in [0.5, 0.6) is 0 Å². The molecule has 2 aliphatic carbocycles. The van der Waals surface area contributed by atoms with Crippen molar-refractivity contribution in [1.82, 2.24) is 19.9 Å². The number of rotatable bonds is 6. The van der Waals surface area contributed by atoms with Gasteiger partial charge in [0.15, 0.2) is 0 Å². The third-order valence-electron chi connectivity index (χ3n) is 7.86. The van der Waals surface area contributed by atoms with Crippen molar-refractivity contribution in [3.05, 3.63) is 70.9 Å². The molecule has 2 fully saturated rings. The number of carbonyl (C=O) groups excluding carboxylic acids is 1. The van der Waals surface area contributed by atoms with Crippen LogP contribution in [0.2, 0.25) is 0 Å². The van der Waals surface area contributed by atoms with E-state index in [4.69, 9.17) is 10.7 Å². The van der Waals surface area contributed by atoms with E-state index in [0.29, 0.717) is 11.7 Å². The van der Waals surface area contributed by atoms with Gasteiger partial charge in [0.2, 0.25) is 11.9 Å². The first-order valence-corrected chi connectivity index (χ1v) is 13.9. The molecule has 8 heteroatoms. The Morgan fingerprint density at radius 2 is 1.57 bits per heavy atom. The van der Waals surface area contributed by atoms with Crippen LogP contribution >= 0.6 is 11.3 Å². The molecule has 6 rings (SSSR count). The number of nitrogens with two attached hydrogens (primary N) is 1. The van der Waals surface area contributed by atoms with E-state index in [1.54, 1.807) is 23.7 Å². The summed E-state index contributed by atoms with van der Waals surface area (Å²) in [5.41, 5.74) is 9.93. The maximum absolute atomic E-state index is 13.8. The molecule has 3 aromatic heterocycles. The van der Waals surface area contributed by atoms with E-state index < -0.39 is 5.41 Å². The second-order valence-corrected chi connectivity index (χ2v) is 11.0. The van der Waals surface area contributed by atoms with Crippen molar-refractivity contribution in [2.24, 2.45) is 0 Å². The highest BCUT2D eigenvalue weighted by Gasteiger charge is 2.41. The van der Waals surface area contributed by atoms with Crippen LogP contribution in [0.3, 0.4) is 0 Å². The largest absolute Gasteiger partial charge is 0.368 e. The van der Waals surface area contributed by atoms with Crippen LogP contribution in [0.4, 0.5) is 11.8 Å². The Kier molecular flexibility index (Phi) is 6.42. The minimum atomic E-state index is -0.568. The highest BCUT2D eigenvalue weighted by Crippen LogP contribution is 2.41. The minimum absolute atomic E-state index is 0.0111. The van der Waals surface area contributed by atoms with Crippen LogP contribution in [0.15, 0.2) is 60.4 Å². The number of nitrogens with zero attached hydrogens (tertiary/aromatic N) is 4. The monoisotopic (exact) mass is 510 g/mol. The zero-order chi connectivity index (χ0) is 25.2. The maximum Gasteiger partial charge on any atom is 0.236 e. The van der Waals surface area contributed by atoms with Gasteiger partial charge in [-0.15, -0.1) is 11.3 Å². The van der Waals surface area contributed by atoms with Crippen LogP contribution in [0.1, 0.15) is 67.9 Å². The molecule has 1 amide bonds. The van der Waals surface area contributed by atoms with E-state index in [0.717, 1.165) is 60.1 Å². The average Bonchev–Trinajstić information content (AvgIpc) is 3.38. The van der Waals surface area contributed by atoms with E-state index in [1.165, 1.54) is 24.3 Å². The summed E-state index contributed by atoms with van der Waals surface area (Å²) in [5, 5.41) is 6.46. The minimum Gasteiger partial charge on any atom is -0.368 e. The molecular weight excluding hydrogens is 480 g/mol. The van der Waals surface area contributed by atoms with Gasteiger partial charge >= 0.3 is 0 Å². The summed E-state index contributed by atoms with van der Waals surface area (Å²) in [6.07, 6.45) is 13.9. The van der Waals surface area contributed by atoms with Gasteiger partial charge in [-0.3, -0.25) is 4.79 Å². The summed E-state index contributed by atoms with van der Waals surface area (Å²) in [6.45, 7) is 0. The molecule has 0 saturated heterocycles. The van der Waals surface area contributed by atoms with Crippen molar-refractivity contribution in [3.63, 3.8) is 0 Å². The highest BCUT2D eigenvalue weighted by atomic mass is 32.1. The van der Waals surface area contributed by atoms with Gasteiger partial charge in [-0.25, -0.2) is 19.9 Å². The number of thiazole rings is 1. The van der Waals surface area contributed by atoms with Gasteiger partial charge in [0, 0.05) is 41.0 Å². The number of nitrogen functional groups attached to an aromatic ring is 1. The second kappa shape index (κ2) is 10.0. The molecule has 188 valence electrons. The van der Waals surface area contributed by atoms with E-state index in [2.05, 4.69) is 37.8 Å². The quantitative estimate of drug-likeness (QED) is 0.313. The Labute approximate surface area is 220 Å². The summed E-state index contributed by atoms with van der Waals surface area (Å²) in [5.74, 6) is 1.47. The molecule has 0 radical (unpaired) electrons. The summed E-state index contributed by atoms with van der Waals surface area (Å²) in [7, 11) is 0. The van der Waals surface area contributed by atoms with E-state index in [-0.39, 0.29) is 11.9 Å². The fourth-order valence-corrected chi connectivity index (χ4v) is 6.39. The molecule has 0 unspecified atom stereocenters. The lowest BCUT2D eigenvalue weighted by Gasteiger charge is -2.36. The van der Waals surface area contributed by atoms with E-state index >= 15 is 0 Å². The standard InChI is InChI=1S/C29H30N6OS/c30-28-32-16-22(17-33-28)19-7-10-23(11-8-19)29(13-2-1-3-14-29)27(36)35-25-12-9-21(15-31-25)24-18-37-26(34-24)20-5-4-6-20/h7-12,15-18,20H,1-6,13-14H2,(H2,30,32,33)(H,31,35,36). The number of hydrogen-bond acceptors (Lipinski definition) is 7. The third-order valence-corrected chi connectivity index (χ3v) is 8.87. The van der Waals surface area contributed by atoms with Crippen LogP contribution in [0, 0.1) is 0 Å². The first-order chi connectivity index (χ1) is 18.1. The Balaban J connectivity index is 1.20. The first kappa shape index (κ1) is 23.7. The van der Waals surface area contributed by atoms with Crippen LogP contribution < -0.4 is 11.1 Å². The second-order valence-electron chi connectivity index (χ2n) is 10.1. The van der Waals surface area contributed by atoms with Gasteiger partial charge < -0.3 is 11.1 Å². The van der Waals surface area contributed by atoms with E-state index in [9.17, 15) is 4.79 Å². The van der Waals surface area contributed by atoms with Gasteiger partial charge in [0.05, 0.1) is 16.1 Å². The van der Waals surface area contributed by atoms with Gasteiger partial charge in [0.1, 0.15) is 5.82 Å². The molecule has 37 heavy (non-hydrogen) atoms. The van der Waals surface area contributed by atoms with E-state index in [1.807, 2.05) is 30.5 Å². The molecule has 3 heterocycles. The normalized spacial score (nSPS) is 17.2. The number of carbonyl (C=O) groups is 1. The lowest BCUT2D eigenvalue weighted by Crippen LogP contribution is -2.42. The topological polar surface area (TPSA) is 107 Å². The molecule has 2 aliphatic rings. The van der Waals surface area contributed by atoms with Gasteiger partial charge in [0.25, 0.3) is 0 Å². The van der Waals surface area contributed by atoms with Crippen LogP contribution in [-0.4, -0.2) is 25.8 Å². The average molecular weight is 511 g/mol. The molecule has 2 saturated carbocycles. The molecular formula is C29H30N6OS. The number of nitrogens with one attached hydrogen (secondary N) is 1. The van der Waals surface area contributed by atoms with Crippen molar-refractivity contribution in [1.29, 1.82) is 0 Å². The fourth-order valence-electron chi connectivity index (χ4n) is 5.39. The molecule has 0 spiro atoms. The number of hydrogen-bond donors (Lipinski definition) is 2. The smallest absolute Gasteiger partial charge is 0.236 e. The molecule has 4 aromatic rings. The number of amides is 1. The van der Waals surface area contributed by atoms with Gasteiger partial charge in [-0.05, 0) is 48.9 Å². The number of pyridine rings is 1. The molecule has 0 bridgehead atoms. The van der Waals surface area contributed by atoms with Crippen molar-refractivity contribution in [3.8, 4) is 22.4 Å². The zero-order valence-corrected chi connectivity index (χ0v) is 21.5. The summed E-state index contributed by atoms with van der Waals surface area (Å²) in [6, 6.07) is 12.1. The lowest BCUT2D eigenvalue weighted by molar-refractivity contribution is -0.122. The summed E-state index contributed by atoms with van der Waals surface area (Å²) in [4.78, 5) is 31.3. The maximum atomic E-state index is 13.8. The summed E-state index contributed by atoms with van der Waals surface area (Å²) < 4.78 is 0. The SMILES string of the molecule is Nc1ncc(-c2ccc(C3(C(=O)Nc4ccc(-c5csc(C6CCC6)n5)cn4)CCCCC3)cc2)cn1. The van der Waals surface area contributed by atoms with Crippen molar-refractivity contribution in [2.45, 2.75) is 62.7 Å². The predicted molar refractivity (Wildman–Crippen MR) is 147 cm³/mol. The summed E-state index contributed by atoms with van der Waals surface area (Å²) >= 11 is 1.74. The molecule has 3 N–H and O–H groups in total. The Morgan fingerprint density at radius 1 is 0.865 bits per heavy atom. The first-order valence-electron chi connectivity index (χ1n) is 13.0. The van der Waals surface area contributed by atoms with Crippen molar-refractivity contribution in [2.75, 3.05) is 11.1 Å². The van der Waals surface area contributed by atoms with Crippen molar-refractivity contribution >= 4 is 29.0 Å². The predicted octanol–water partition coefficient (Wildman–Crippen LogP) is 6.35. The van der Waals surface area contributed by atoms with Crippen LogP contribution in [-0.2, 0) is 10.2 Å². The number of aromatic nitrogens is 4. The molecule has 0 atom stereocenters. The number of benzene rings is 1. The number of anilines is 2. The van der Waals surface area contributed by atoms with Crippen LogP contribution in [0.25, 0.3) is 22.4 Å². The van der Waals surface area contributed by atoms with Gasteiger partial charge in [-0.1, -0.05) is 49.9 Å².